The van der Waals surface area contributed by atoms with Crippen molar-refractivity contribution in [1.29, 1.82) is 5.26 Å². The van der Waals surface area contributed by atoms with E-state index in [1.165, 1.54) is 25.7 Å². The summed E-state index contributed by atoms with van der Waals surface area (Å²) in [4.78, 5) is 0. The predicted octanol–water partition coefficient (Wildman–Crippen LogP) is 3.45. The molecule has 0 N–H and O–H groups in total. The zero-order valence-electron chi connectivity index (χ0n) is 8.52. The second-order valence-electron chi connectivity index (χ2n) is 4.42. The number of nitrogens with zero attached hydrogens (tertiary/aromatic N) is 1. The molecule has 14 heavy (non-hydrogen) atoms. The average Bonchev–Trinajstić information content (AvgIpc) is 2.96. The van der Waals surface area contributed by atoms with Crippen LogP contribution in [0.15, 0.2) is 24.3 Å². The summed E-state index contributed by atoms with van der Waals surface area (Å²) in [5.41, 5.74) is 0. The Morgan fingerprint density at radius 3 is 2.14 bits per heavy atom. The third kappa shape index (κ3) is 2.07. The first-order chi connectivity index (χ1) is 6.90. The van der Waals surface area contributed by atoms with Crippen LogP contribution in [0.2, 0.25) is 0 Å². The van der Waals surface area contributed by atoms with Crippen LogP contribution in [-0.4, -0.2) is 0 Å². The smallest absolute Gasteiger partial charge is 0.0662 e. The summed E-state index contributed by atoms with van der Waals surface area (Å²) in [6.45, 7) is 0. The Hall–Kier alpha value is -1.03. The van der Waals surface area contributed by atoms with Gasteiger partial charge in [0, 0.05) is 0 Å². The molecule has 1 nitrogen and oxygen atoms in total. The van der Waals surface area contributed by atoms with Crippen molar-refractivity contribution in [2.24, 2.45) is 17.8 Å². The van der Waals surface area contributed by atoms with Gasteiger partial charge in [0.05, 0.1) is 12.0 Å². The standard InChI is InChI=1S/C8H9N.C5H8/c9-5-8-4-6-1-2-7(8)3-6;1-2-4-5-3-1/h1-2,6-8H,3-4H2;1-2H,3-5H2. The highest BCUT2D eigenvalue weighted by molar-refractivity contribution is 5.14. The van der Waals surface area contributed by atoms with Gasteiger partial charge in [0.2, 0.25) is 0 Å². The highest BCUT2D eigenvalue weighted by atomic mass is 14.4. The van der Waals surface area contributed by atoms with Crippen molar-refractivity contribution < 1.29 is 0 Å². The van der Waals surface area contributed by atoms with E-state index in [2.05, 4.69) is 30.4 Å². The number of hydrogen-bond acceptors (Lipinski definition) is 1. The van der Waals surface area contributed by atoms with Gasteiger partial charge in [0.15, 0.2) is 0 Å². The normalized spacial score (nSPS) is 36.6. The fraction of sp³-hybridized carbons (Fsp3) is 0.615. The highest BCUT2D eigenvalue weighted by Crippen LogP contribution is 2.42. The van der Waals surface area contributed by atoms with E-state index in [4.69, 9.17) is 5.26 Å². The second-order valence-corrected chi connectivity index (χ2v) is 4.42. The third-order valence-electron chi connectivity index (χ3n) is 3.35. The van der Waals surface area contributed by atoms with Gasteiger partial charge in [-0.3, -0.25) is 0 Å². The number of rotatable bonds is 0. The molecule has 0 saturated heterocycles. The Balaban J connectivity index is 0.000000128. The first kappa shape index (κ1) is 9.52. The Morgan fingerprint density at radius 1 is 1.07 bits per heavy atom. The van der Waals surface area contributed by atoms with Crippen LogP contribution in [0.4, 0.5) is 0 Å². The molecule has 0 aromatic heterocycles. The van der Waals surface area contributed by atoms with Crippen molar-refractivity contribution in [1.82, 2.24) is 0 Å². The fourth-order valence-electron chi connectivity index (χ4n) is 2.52. The summed E-state index contributed by atoms with van der Waals surface area (Å²) in [5, 5.41) is 8.60. The SMILES string of the molecule is C1=CCCC1.N#CC1CC2C=CC1C2. The Morgan fingerprint density at radius 2 is 1.86 bits per heavy atom. The van der Waals surface area contributed by atoms with E-state index in [0.717, 1.165) is 12.3 Å². The van der Waals surface area contributed by atoms with Crippen LogP contribution in [0.3, 0.4) is 0 Å². The molecular formula is C13H17N. The van der Waals surface area contributed by atoms with E-state index in [1.54, 1.807) is 0 Å². The van der Waals surface area contributed by atoms with Gasteiger partial charge in [-0.2, -0.15) is 5.26 Å². The quantitative estimate of drug-likeness (QED) is 0.533. The molecule has 74 valence electrons. The second kappa shape index (κ2) is 4.46. The molecule has 3 atom stereocenters. The van der Waals surface area contributed by atoms with Gasteiger partial charge in [-0.25, -0.2) is 0 Å². The van der Waals surface area contributed by atoms with Crippen molar-refractivity contribution in [2.75, 3.05) is 0 Å². The van der Waals surface area contributed by atoms with Crippen LogP contribution >= 0.6 is 0 Å². The molecule has 1 fully saturated rings. The summed E-state index contributed by atoms with van der Waals surface area (Å²) < 4.78 is 0. The van der Waals surface area contributed by atoms with Gasteiger partial charge in [-0.15, -0.1) is 0 Å². The lowest BCUT2D eigenvalue weighted by Gasteiger charge is -2.06. The van der Waals surface area contributed by atoms with Crippen LogP contribution in [-0.2, 0) is 0 Å². The van der Waals surface area contributed by atoms with Crippen LogP contribution in [0.25, 0.3) is 0 Å². The van der Waals surface area contributed by atoms with Crippen molar-refractivity contribution in [3.05, 3.63) is 24.3 Å². The summed E-state index contributed by atoms with van der Waals surface area (Å²) in [6.07, 6.45) is 15.3. The minimum atomic E-state index is 0.347. The van der Waals surface area contributed by atoms with Gasteiger partial charge < -0.3 is 0 Å². The number of fused-ring (bicyclic) bond motifs is 2. The predicted molar refractivity (Wildman–Crippen MR) is 57.4 cm³/mol. The van der Waals surface area contributed by atoms with Gasteiger partial charge in [0.25, 0.3) is 0 Å². The van der Waals surface area contributed by atoms with E-state index in [-0.39, 0.29) is 0 Å². The molecule has 0 aromatic carbocycles. The van der Waals surface area contributed by atoms with E-state index in [9.17, 15) is 0 Å². The number of nitriles is 1. The molecule has 3 aliphatic rings. The largest absolute Gasteiger partial charge is 0.198 e. The highest BCUT2D eigenvalue weighted by Gasteiger charge is 2.35. The lowest BCUT2D eigenvalue weighted by atomic mass is 9.95. The number of allylic oxidation sites excluding steroid dienone is 4. The maximum Gasteiger partial charge on any atom is 0.0662 e. The molecule has 0 radical (unpaired) electrons. The van der Waals surface area contributed by atoms with Gasteiger partial charge >= 0.3 is 0 Å². The van der Waals surface area contributed by atoms with E-state index < -0.39 is 0 Å². The minimum Gasteiger partial charge on any atom is -0.198 e. The molecule has 0 spiro atoms. The molecule has 3 unspecified atom stereocenters. The maximum atomic E-state index is 8.60. The molecule has 0 aliphatic heterocycles. The lowest BCUT2D eigenvalue weighted by molar-refractivity contribution is 0.563. The fourth-order valence-corrected chi connectivity index (χ4v) is 2.52. The first-order valence-electron chi connectivity index (χ1n) is 5.63. The molecule has 1 saturated carbocycles. The van der Waals surface area contributed by atoms with Gasteiger partial charge in [0.1, 0.15) is 0 Å². The molecule has 1 heteroatoms. The van der Waals surface area contributed by atoms with Crippen LogP contribution in [0.1, 0.15) is 32.1 Å². The Labute approximate surface area is 86.1 Å². The van der Waals surface area contributed by atoms with E-state index >= 15 is 0 Å². The van der Waals surface area contributed by atoms with Crippen molar-refractivity contribution >= 4 is 0 Å². The summed E-state index contributed by atoms with van der Waals surface area (Å²) in [7, 11) is 0. The maximum absolute atomic E-state index is 8.60. The molecule has 3 aliphatic carbocycles. The van der Waals surface area contributed by atoms with Crippen molar-refractivity contribution in [3.8, 4) is 6.07 Å². The number of hydrogen-bond donors (Lipinski definition) is 0. The zero-order chi connectivity index (χ0) is 9.80. The molecule has 0 aromatic rings. The molecule has 2 bridgehead atoms. The topological polar surface area (TPSA) is 23.8 Å². The van der Waals surface area contributed by atoms with Crippen LogP contribution < -0.4 is 0 Å². The zero-order valence-corrected chi connectivity index (χ0v) is 8.52. The molecule has 3 rings (SSSR count). The van der Waals surface area contributed by atoms with Gasteiger partial charge in [-0.05, 0) is 43.9 Å². The average molecular weight is 187 g/mol. The summed E-state index contributed by atoms with van der Waals surface area (Å²) in [5.74, 6) is 1.71. The van der Waals surface area contributed by atoms with Crippen molar-refractivity contribution in [3.63, 3.8) is 0 Å². The summed E-state index contributed by atoms with van der Waals surface area (Å²) >= 11 is 0. The Kier molecular flexibility index (Phi) is 3.03. The molecule has 0 amide bonds. The Bertz CT molecular complexity index is 276. The summed E-state index contributed by atoms with van der Waals surface area (Å²) in [6, 6.07) is 2.34. The van der Waals surface area contributed by atoms with Crippen molar-refractivity contribution in [2.45, 2.75) is 32.1 Å². The van der Waals surface area contributed by atoms with Crippen LogP contribution in [0.5, 0.6) is 0 Å². The van der Waals surface area contributed by atoms with Gasteiger partial charge in [-0.1, -0.05) is 24.3 Å². The van der Waals surface area contributed by atoms with Crippen LogP contribution in [0, 0.1) is 29.1 Å². The van der Waals surface area contributed by atoms with E-state index in [0.29, 0.717) is 11.8 Å². The lowest BCUT2D eigenvalue weighted by Crippen LogP contribution is -2.02. The first-order valence-corrected chi connectivity index (χ1v) is 5.63. The molecule has 0 heterocycles. The molecular weight excluding hydrogens is 170 g/mol. The monoisotopic (exact) mass is 187 g/mol. The third-order valence-corrected chi connectivity index (χ3v) is 3.35. The van der Waals surface area contributed by atoms with E-state index in [1.807, 2.05) is 0 Å². The minimum absolute atomic E-state index is 0.347.